The average Bonchev–Trinajstić information content (AvgIpc) is 3.27. The highest BCUT2D eigenvalue weighted by molar-refractivity contribution is 7.13. The number of nitrogens with one attached hydrogen (secondary N) is 2. The summed E-state index contributed by atoms with van der Waals surface area (Å²) in [5.74, 6) is -0.0733. The summed E-state index contributed by atoms with van der Waals surface area (Å²) in [6.45, 7) is 1.71. The molecule has 1 saturated heterocycles. The molecule has 112 valence electrons. The Morgan fingerprint density at radius 2 is 2.27 bits per heavy atom. The van der Waals surface area contributed by atoms with Gasteiger partial charge in [0, 0.05) is 36.3 Å². The lowest BCUT2D eigenvalue weighted by molar-refractivity contribution is 0.0940. The number of carbonyl (C=O) groups is 1. The van der Waals surface area contributed by atoms with Crippen LogP contribution in [0.5, 0.6) is 0 Å². The lowest BCUT2D eigenvalue weighted by Gasteiger charge is -2.15. The number of hydrogen-bond donors (Lipinski definition) is 2. The molecule has 22 heavy (non-hydrogen) atoms. The SMILES string of the molecule is O=C(NC1CCN(c2nccs2)C1)c1ccc2n[nH]nc2c1. The summed E-state index contributed by atoms with van der Waals surface area (Å²) < 4.78 is 0. The Morgan fingerprint density at radius 1 is 1.36 bits per heavy atom. The van der Waals surface area contributed by atoms with Crippen molar-refractivity contribution in [2.75, 3.05) is 18.0 Å². The molecule has 1 aliphatic heterocycles. The zero-order valence-corrected chi connectivity index (χ0v) is 12.5. The zero-order chi connectivity index (χ0) is 14.9. The molecule has 0 bridgehead atoms. The third-order valence-corrected chi connectivity index (χ3v) is 4.62. The largest absolute Gasteiger partial charge is 0.347 e. The van der Waals surface area contributed by atoms with Crippen LogP contribution in [0.2, 0.25) is 0 Å². The Labute approximate surface area is 130 Å². The van der Waals surface area contributed by atoms with E-state index in [1.165, 1.54) is 0 Å². The summed E-state index contributed by atoms with van der Waals surface area (Å²) in [5.41, 5.74) is 2.06. The van der Waals surface area contributed by atoms with Gasteiger partial charge in [-0.05, 0) is 24.6 Å². The fourth-order valence-corrected chi connectivity index (χ4v) is 3.35. The predicted molar refractivity (Wildman–Crippen MR) is 84.1 cm³/mol. The number of H-pyrrole nitrogens is 1. The normalized spacial score (nSPS) is 18.0. The van der Waals surface area contributed by atoms with Gasteiger partial charge in [-0.3, -0.25) is 4.79 Å². The maximum absolute atomic E-state index is 12.4. The van der Waals surface area contributed by atoms with Crippen LogP contribution in [0.4, 0.5) is 5.13 Å². The molecule has 1 atom stereocenters. The van der Waals surface area contributed by atoms with Crippen LogP contribution in [0, 0.1) is 0 Å². The van der Waals surface area contributed by atoms with E-state index in [2.05, 4.69) is 30.6 Å². The van der Waals surface area contributed by atoms with Crippen molar-refractivity contribution < 1.29 is 4.79 Å². The van der Waals surface area contributed by atoms with Crippen molar-refractivity contribution >= 4 is 33.4 Å². The van der Waals surface area contributed by atoms with Crippen LogP contribution in [0.1, 0.15) is 16.8 Å². The van der Waals surface area contributed by atoms with E-state index in [0.29, 0.717) is 11.1 Å². The molecule has 4 rings (SSSR count). The second kappa shape index (κ2) is 5.38. The number of hydrogen-bond acceptors (Lipinski definition) is 6. The Bertz CT molecular complexity index is 799. The summed E-state index contributed by atoms with van der Waals surface area (Å²) in [4.78, 5) is 18.9. The number of nitrogens with zero attached hydrogens (tertiary/aromatic N) is 4. The van der Waals surface area contributed by atoms with Gasteiger partial charge in [0.2, 0.25) is 0 Å². The van der Waals surface area contributed by atoms with Crippen molar-refractivity contribution in [2.24, 2.45) is 0 Å². The number of benzene rings is 1. The maximum Gasteiger partial charge on any atom is 0.251 e. The van der Waals surface area contributed by atoms with Crippen molar-refractivity contribution in [3.8, 4) is 0 Å². The Morgan fingerprint density at radius 3 is 3.14 bits per heavy atom. The highest BCUT2D eigenvalue weighted by Crippen LogP contribution is 2.22. The van der Waals surface area contributed by atoms with Gasteiger partial charge in [-0.15, -0.1) is 11.3 Å². The van der Waals surface area contributed by atoms with Crippen LogP contribution in [0.15, 0.2) is 29.8 Å². The quantitative estimate of drug-likeness (QED) is 0.763. The van der Waals surface area contributed by atoms with E-state index >= 15 is 0 Å². The number of aromatic nitrogens is 4. The summed E-state index contributed by atoms with van der Waals surface area (Å²) >= 11 is 1.62. The molecule has 1 amide bonds. The Kier molecular flexibility index (Phi) is 3.23. The molecule has 0 aliphatic carbocycles. The van der Waals surface area contributed by atoms with E-state index in [0.717, 1.165) is 30.2 Å². The first-order valence-electron chi connectivity index (χ1n) is 7.05. The van der Waals surface area contributed by atoms with Gasteiger partial charge in [-0.2, -0.15) is 15.4 Å². The average molecular weight is 314 g/mol. The smallest absolute Gasteiger partial charge is 0.251 e. The second-order valence-electron chi connectivity index (χ2n) is 5.25. The molecule has 0 saturated carbocycles. The maximum atomic E-state index is 12.4. The molecule has 2 N–H and O–H groups in total. The number of amides is 1. The first-order valence-corrected chi connectivity index (χ1v) is 7.93. The predicted octanol–water partition coefficient (Wildman–Crippen LogP) is 1.42. The summed E-state index contributed by atoms with van der Waals surface area (Å²) in [6, 6.07) is 5.46. The Balaban J connectivity index is 1.43. The van der Waals surface area contributed by atoms with Crippen LogP contribution in [-0.4, -0.2) is 45.4 Å². The minimum absolute atomic E-state index is 0.0733. The number of carbonyl (C=O) groups excluding carboxylic acids is 1. The molecule has 8 heteroatoms. The molecule has 7 nitrogen and oxygen atoms in total. The van der Waals surface area contributed by atoms with Gasteiger partial charge >= 0.3 is 0 Å². The number of rotatable bonds is 3. The highest BCUT2D eigenvalue weighted by atomic mass is 32.1. The van der Waals surface area contributed by atoms with Crippen molar-refractivity contribution in [1.29, 1.82) is 0 Å². The first-order chi connectivity index (χ1) is 10.8. The fraction of sp³-hybridized carbons (Fsp3) is 0.286. The molecular formula is C14H14N6OS. The molecule has 1 aromatic carbocycles. The van der Waals surface area contributed by atoms with E-state index in [-0.39, 0.29) is 11.9 Å². The molecule has 2 aromatic heterocycles. The first kappa shape index (κ1) is 13.2. The number of fused-ring (bicyclic) bond motifs is 1. The lowest BCUT2D eigenvalue weighted by atomic mass is 10.1. The van der Waals surface area contributed by atoms with Gasteiger partial charge in [0.25, 0.3) is 5.91 Å². The number of thiazole rings is 1. The van der Waals surface area contributed by atoms with Crippen LogP contribution < -0.4 is 10.2 Å². The topological polar surface area (TPSA) is 86.8 Å². The van der Waals surface area contributed by atoms with E-state index in [9.17, 15) is 4.79 Å². The lowest BCUT2D eigenvalue weighted by Crippen LogP contribution is -2.37. The van der Waals surface area contributed by atoms with Crippen molar-refractivity contribution in [2.45, 2.75) is 12.5 Å². The van der Waals surface area contributed by atoms with Crippen molar-refractivity contribution in [3.63, 3.8) is 0 Å². The summed E-state index contributed by atoms with van der Waals surface area (Å²) in [6.07, 6.45) is 2.73. The minimum Gasteiger partial charge on any atom is -0.347 e. The third-order valence-electron chi connectivity index (χ3n) is 3.79. The van der Waals surface area contributed by atoms with Gasteiger partial charge in [-0.25, -0.2) is 4.98 Å². The highest BCUT2D eigenvalue weighted by Gasteiger charge is 2.25. The molecule has 0 spiro atoms. The van der Waals surface area contributed by atoms with Crippen LogP contribution in [0.3, 0.4) is 0 Å². The molecule has 0 radical (unpaired) electrons. The monoisotopic (exact) mass is 314 g/mol. The van der Waals surface area contributed by atoms with Gasteiger partial charge in [-0.1, -0.05) is 0 Å². The standard InChI is InChI=1S/C14H14N6OS/c21-13(9-1-2-11-12(7-9)18-19-17-11)16-10-3-5-20(8-10)14-15-4-6-22-14/h1-2,4,6-7,10H,3,5,8H2,(H,16,21)(H,17,18,19). The van der Waals surface area contributed by atoms with Crippen molar-refractivity contribution in [1.82, 2.24) is 25.7 Å². The van der Waals surface area contributed by atoms with E-state index in [1.807, 2.05) is 5.38 Å². The third kappa shape index (κ3) is 2.41. The zero-order valence-electron chi connectivity index (χ0n) is 11.7. The molecule has 1 aliphatic rings. The minimum atomic E-state index is -0.0733. The fourth-order valence-electron chi connectivity index (χ4n) is 2.67. The van der Waals surface area contributed by atoms with Gasteiger partial charge < -0.3 is 10.2 Å². The Hall–Kier alpha value is -2.48. The van der Waals surface area contributed by atoms with Crippen LogP contribution in [-0.2, 0) is 0 Å². The molecule has 1 unspecified atom stereocenters. The van der Waals surface area contributed by atoms with Crippen LogP contribution >= 0.6 is 11.3 Å². The van der Waals surface area contributed by atoms with Crippen molar-refractivity contribution in [3.05, 3.63) is 35.3 Å². The molecular weight excluding hydrogens is 300 g/mol. The number of aromatic amines is 1. The molecule has 1 fully saturated rings. The summed E-state index contributed by atoms with van der Waals surface area (Å²) in [5, 5.41) is 16.6. The van der Waals surface area contributed by atoms with Gasteiger partial charge in [0.05, 0.1) is 0 Å². The van der Waals surface area contributed by atoms with Gasteiger partial charge in [0.15, 0.2) is 5.13 Å². The van der Waals surface area contributed by atoms with Crippen LogP contribution in [0.25, 0.3) is 11.0 Å². The van der Waals surface area contributed by atoms with E-state index in [1.54, 1.807) is 35.7 Å². The van der Waals surface area contributed by atoms with E-state index < -0.39 is 0 Å². The number of anilines is 1. The molecule has 3 aromatic rings. The van der Waals surface area contributed by atoms with Gasteiger partial charge in [0.1, 0.15) is 11.0 Å². The van der Waals surface area contributed by atoms with E-state index in [4.69, 9.17) is 0 Å². The second-order valence-corrected chi connectivity index (χ2v) is 6.12. The summed E-state index contributed by atoms with van der Waals surface area (Å²) in [7, 11) is 0. The molecule has 3 heterocycles.